The number of nitro groups is 1. The molecule has 0 aromatic heterocycles. The number of carboxylic acids is 1. The second-order valence-electron chi connectivity index (χ2n) is 4.79. The molecule has 21 heavy (non-hydrogen) atoms. The molecule has 0 radical (unpaired) electrons. The van der Waals surface area contributed by atoms with Gasteiger partial charge in [-0.15, -0.1) is 0 Å². The fourth-order valence-electron chi connectivity index (χ4n) is 1.69. The molecule has 1 aromatic rings. The van der Waals surface area contributed by atoms with Gasteiger partial charge in [-0.25, -0.2) is 4.79 Å². The van der Waals surface area contributed by atoms with Gasteiger partial charge in [0.05, 0.1) is 4.92 Å². The van der Waals surface area contributed by atoms with Crippen LogP contribution in [0.3, 0.4) is 0 Å². The minimum atomic E-state index is -1.36. The average Bonchev–Trinajstić information content (AvgIpc) is 3.22. The summed E-state index contributed by atoms with van der Waals surface area (Å²) in [6, 6.07) is 3.39. The summed E-state index contributed by atoms with van der Waals surface area (Å²) in [7, 11) is 0. The molecule has 1 unspecified atom stereocenters. The zero-order chi connectivity index (χ0) is 15.6. The fourth-order valence-corrected chi connectivity index (χ4v) is 1.69. The summed E-state index contributed by atoms with van der Waals surface area (Å²) in [5, 5.41) is 22.5. The minimum Gasteiger partial charge on any atom is -0.480 e. The maximum Gasteiger partial charge on any atom is 0.339 e. The summed E-state index contributed by atoms with van der Waals surface area (Å²) in [6.07, 6.45) is 0.970. The van der Waals surface area contributed by atoms with Crippen LogP contribution in [0.4, 0.5) is 5.69 Å². The van der Waals surface area contributed by atoms with Crippen molar-refractivity contribution in [2.75, 3.05) is 0 Å². The van der Waals surface area contributed by atoms with E-state index in [4.69, 9.17) is 9.84 Å². The molecule has 112 valence electrons. The average molecular weight is 294 g/mol. The van der Waals surface area contributed by atoms with Gasteiger partial charge in [0.15, 0.2) is 6.10 Å². The number of nitro benzene ring substituents is 1. The van der Waals surface area contributed by atoms with E-state index in [0.29, 0.717) is 0 Å². The molecular formula is C13H14N2O6. The van der Waals surface area contributed by atoms with Gasteiger partial charge in [-0.3, -0.25) is 14.9 Å². The smallest absolute Gasteiger partial charge is 0.339 e. The van der Waals surface area contributed by atoms with Crippen LogP contribution in [-0.2, 0) is 4.79 Å². The Bertz CT molecular complexity index is 596. The van der Waals surface area contributed by atoms with Crippen LogP contribution in [0.15, 0.2) is 18.2 Å². The van der Waals surface area contributed by atoms with Crippen LogP contribution in [0.2, 0.25) is 0 Å². The van der Waals surface area contributed by atoms with Gasteiger partial charge in [-0.2, -0.15) is 0 Å². The normalized spacial score (nSPS) is 15.1. The standard InChI is InChI=1S/C13H14N2O6/c1-7(12(16)14-8-2-3-8)21-11-5-4-9(15(19)20)6-10(11)13(17)18/h4-8H,2-3H2,1H3,(H,14,16)(H,17,18). The van der Waals surface area contributed by atoms with E-state index < -0.39 is 17.0 Å². The number of nitrogens with one attached hydrogen (secondary N) is 1. The monoisotopic (exact) mass is 294 g/mol. The molecule has 8 heteroatoms. The molecule has 2 N–H and O–H groups in total. The lowest BCUT2D eigenvalue weighted by Crippen LogP contribution is -2.37. The number of hydrogen-bond acceptors (Lipinski definition) is 5. The number of amides is 1. The van der Waals surface area contributed by atoms with E-state index in [9.17, 15) is 19.7 Å². The van der Waals surface area contributed by atoms with Gasteiger partial charge in [0.1, 0.15) is 11.3 Å². The first kappa shape index (κ1) is 14.8. The van der Waals surface area contributed by atoms with E-state index in [2.05, 4.69) is 5.32 Å². The predicted molar refractivity (Wildman–Crippen MR) is 71.3 cm³/mol. The largest absolute Gasteiger partial charge is 0.480 e. The van der Waals surface area contributed by atoms with Crippen molar-refractivity contribution in [3.8, 4) is 5.75 Å². The van der Waals surface area contributed by atoms with Gasteiger partial charge in [0, 0.05) is 18.2 Å². The fraction of sp³-hybridized carbons (Fsp3) is 0.385. The van der Waals surface area contributed by atoms with Crippen molar-refractivity contribution in [2.24, 2.45) is 0 Å². The Kier molecular flexibility index (Phi) is 4.06. The Morgan fingerprint density at radius 2 is 2.14 bits per heavy atom. The SMILES string of the molecule is CC(Oc1ccc([N+](=O)[O-])cc1C(=O)O)C(=O)NC1CC1. The molecule has 1 fully saturated rings. The van der Waals surface area contributed by atoms with Crippen molar-refractivity contribution in [2.45, 2.75) is 31.9 Å². The zero-order valence-electron chi connectivity index (χ0n) is 11.2. The molecule has 0 heterocycles. The summed E-state index contributed by atoms with van der Waals surface area (Å²) in [5.41, 5.74) is -0.704. The van der Waals surface area contributed by atoms with Crippen molar-refractivity contribution in [3.63, 3.8) is 0 Å². The first-order valence-electron chi connectivity index (χ1n) is 6.37. The molecule has 1 amide bonds. The highest BCUT2D eigenvalue weighted by atomic mass is 16.6. The van der Waals surface area contributed by atoms with E-state index in [1.165, 1.54) is 13.0 Å². The van der Waals surface area contributed by atoms with Gasteiger partial charge >= 0.3 is 5.97 Å². The molecule has 1 saturated carbocycles. The van der Waals surface area contributed by atoms with Crippen LogP contribution in [0.5, 0.6) is 5.75 Å². The topological polar surface area (TPSA) is 119 Å². The zero-order valence-corrected chi connectivity index (χ0v) is 11.2. The van der Waals surface area contributed by atoms with E-state index >= 15 is 0 Å². The third-order valence-electron chi connectivity index (χ3n) is 3.00. The number of carbonyl (C=O) groups is 2. The number of carboxylic acid groups (broad SMARTS) is 1. The third-order valence-corrected chi connectivity index (χ3v) is 3.00. The second kappa shape index (κ2) is 5.78. The number of ether oxygens (including phenoxy) is 1. The van der Waals surface area contributed by atoms with Crippen molar-refractivity contribution in [1.29, 1.82) is 0 Å². The van der Waals surface area contributed by atoms with Gasteiger partial charge in [0.25, 0.3) is 11.6 Å². The second-order valence-corrected chi connectivity index (χ2v) is 4.79. The molecular weight excluding hydrogens is 280 g/mol. The molecule has 2 rings (SSSR count). The highest BCUT2D eigenvalue weighted by molar-refractivity contribution is 5.92. The van der Waals surface area contributed by atoms with Gasteiger partial charge in [-0.05, 0) is 25.8 Å². The van der Waals surface area contributed by atoms with Crippen molar-refractivity contribution in [1.82, 2.24) is 5.32 Å². The lowest BCUT2D eigenvalue weighted by Gasteiger charge is -2.15. The Hall–Kier alpha value is -2.64. The van der Waals surface area contributed by atoms with Crippen molar-refractivity contribution in [3.05, 3.63) is 33.9 Å². The first-order chi connectivity index (χ1) is 9.88. The lowest BCUT2D eigenvalue weighted by molar-refractivity contribution is -0.384. The number of rotatable bonds is 6. The third kappa shape index (κ3) is 3.68. The lowest BCUT2D eigenvalue weighted by atomic mass is 10.1. The molecule has 1 atom stereocenters. The molecule has 1 aliphatic carbocycles. The maximum atomic E-state index is 11.8. The van der Waals surface area contributed by atoms with Crippen LogP contribution in [0.1, 0.15) is 30.1 Å². The molecule has 0 spiro atoms. The van der Waals surface area contributed by atoms with Crippen molar-refractivity contribution < 1.29 is 24.4 Å². The summed E-state index contributed by atoms with van der Waals surface area (Å²) >= 11 is 0. The quantitative estimate of drug-likeness (QED) is 0.603. The van der Waals surface area contributed by atoms with E-state index in [1.807, 2.05) is 0 Å². The van der Waals surface area contributed by atoms with Crippen LogP contribution < -0.4 is 10.1 Å². The van der Waals surface area contributed by atoms with Crippen LogP contribution in [-0.4, -0.2) is 34.1 Å². The van der Waals surface area contributed by atoms with E-state index in [-0.39, 0.29) is 28.9 Å². The molecule has 0 bridgehead atoms. The Labute approximate surface area is 119 Å². The summed E-state index contributed by atoms with van der Waals surface area (Å²) in [6.45, 7) is 1.49. The van der Waals surface area contributed by atoms with Gasteiger partial charge < -0.3 is 15.2 Å². The molecule has 0 saturated heterocycles. The Morgan fingerprint density at radius 1 is 1.48 bits per heavy atom. The van der Waals surface area contributed by atoms with Crippen LogP contribution in [0.25, 0.3) is 0 Å². The van der Waals surface area contributed by atoms with Gasteiger partial charge in [0.2, 0.25) is 0 Å². The number of carbonyl (C=O) groups excluding carboxylic acids is 1. The molecule has 1 aromatic carbocycles. The number of benzene rings is 1. The van der Waals surface area contributed by atoms with Crippen molar-refractivity contribution >= 4 is 17.6 Å². The van der Waals surface area contributed by atoms with Crippen LogP contribution >= 0.6 is 0 Å². The molecule has 1 aliphatic rings. The number of nitrogens with zero attached hydrogens (tertiary/aromatic N) is 1. The summed E-state index contributed by atoms with van der Waals surface area (Å²) in [5.74, 6) is -1.78. The predicted octanol–water partition coefficient (Wildman–Crippen LogP) is 1.34. The Balaban J connectivity index is 2.15. The number of hydrogen-bond donors (Lipinski definition) is 2. The highest BCUT2D eigenvalue weighted by Gasteiger charge is 2.27. The van der Waals surface area contributed by atoms with E-state index in [0.717, 1.165) is 25.0 Å². The van der Waals surface area contributed by atoms with Gasteiger partial charge in [-0.1, -0.05) is 0 Å². The minimum absolute atomic E-state index is 0.0773. The number of non-ortho nitro benzene ring substituents is 1. The van der Waals surface area contributed by atoms with E-state index in [1.54, 1.807) is 0 Å². The Morgan fingerprint density at radius 3 is 2.67 bits per heavy atom. The van der Waals surface area contributed by atoms with Crippen LogP contribution in [0, 0.1) is 10.1 Å². The first-order valence-corrected chi connectivity index (χ1v) is 6.37. The molecule has 8 nitrogen and oxygen atoms in total. The maximum absolute atomic E-state index is 11.8. The summed E-state index contributed by atoms with van der Waals surface area (Å²) < 4.78 is 5.32. The molecule has 0 aliphatic heterocycles. The number of aromatic carboxylic acids is 1. The highest BCUT2D eigenvalue weighted by Crippen LogP contribution is 2.25. The summed E-state index contributed by atoms with van der Waals surface area (Å²) in [4.78, 5) is 32.9.